The summed E-state index contributed by atoms with van der Waals surface area (Å²) in [6.07, 6.45) is 0.715. The SMILES string of the molecule is Cc1cc(C)c(C2C(C#N)=C(N)N(c3ccc(Cl)c([N+](=O)[O-])c3)C3=C2C(=O)CC(C)(C)C3)cc1COc1ccc(F)cc1. The van der Waals surface area contributed by atoms with Gasteiger partial charge in [-0.05, 0) is 84.3 Å². The van der Waals surface area contributed by atoms with Crippen LogP contribution in [0.4, 0.5) is 15.8 Å². The van der Waals surface area contributed by atoms with Crippen molar-refractivity contribution in [1.82, 2.24) is 0 Å². The van der Waals surface area contributed by atoms with Gasteiger partial charge < -0.3 is 10.5 Å². The second kappa shape index (κ2) is 11.2. The van der Waals surface area contributed by atoms with Gasteiger partial charge in [0.05, 0.1) is 28.2 Å². The van der Waals surface area contributed by atoms with Gasteiger partial charge >= 0.3 is 0 Å². The number of nitrogens with zero attached hydrogens (tertiary/aromatic N) is 3. The molecule has 1 heterocycles. The minimum Gasteiger partial charge on any atom is -0.489 e. The zero-order chi connectivity index (χ0) is 31.2. The fourth-order valence-electron chi connectivity index (χ4n) is 5.97. The number of allylic oxidation sites excluding steroid dienone is 3. The highest BCUT2D eigenvalue weighted by atomic mass is 35.5. The van der Waals surface area contributed by atoms with Crippen LogP contribution in [0.1, 0.15) is 54.9 Å². The van der Waals surface area contributed by atoms with Gasteiger partial charge in [0.2, 0.25) is 0 Å². The molecule has 220 valence electrons. The number of nitrogens with two attached hydrogens (primary N) is 1. The largest absolute Gasteiger partial charge is 0.489 e. The van der Waals surface area contributed by atoms with Crippen molar-refractivity contribution in [2.24, 2.45) is 11.1 Å². The van der Waals surface area contributed by atoms with Crippen LogP contribution in [0.2, 0.25) is 5.02 Å². The third-order valence-corrected chi connectivity index (χ3v) is 8.33. The molecule has 2 N–H and O–H groups in total. The van der Waals surface area contributed by atoms with E-state index < -0.39 is 16.3 Å². The van der Waals surface area contributed by atoms with Gasteiger partial charge in [-0.1, -0.05) is 37.6 Å². The first kappa shape index (κ1) is 29.8. The van der Waals surface area contributed by atoms with Crippen molar-refractivity contribution < 1.29 is 18.8 Å². The number of ether oxygens (including phenoxy) is 1. The lowest BCUT2D eigenvalue weighted by atomic mass is 9.68. The third-order valence-electron chi connectivity index (χ3n) is 8.01. The third kappa shape index (κ3) is 5.58. The molecule has 1 atom stereocenters. The summed E-state index contributed by atoms with van der Waals surface area (Å²) >= 11 is 6.10. The van der Waals surface area contributed by atoms with E-state index in [1.54, 1.807) is 23.1 Å². The van der Waals surface area contributed by atoms with Crippen LogP contribution < -0.4 is 15.4 Å². The standard InChI is InChI=1S/C33H30ClFN4O4/c1-18-11-19(2)24(12-20(18)17-43-23-8-5-21(35)6-9-23)30-25(16-36)32(37)38(22-7-10-26(34)27(13-22)39(41)42)28-14-33(3,4)15-29(40)31(28)30/h5-13,30H,14-15,17,37H2,1-4H3. The van der Waals surface area contributed by atoms with Gasteiger partial charge in [0, 0.05) is 23.8 Å². The first-order chi connectivity index (χ1) is 20.3. The van der Waals surface area contributed by atoms with Crippen LogP contribution in [0.25, 0.3) is 0 Å². The predicted octanol–water partition coefficient (Wildman–Crippen LogP) is 7.52. The number of carbonyl (C=O) groups is 1. The Morgan fingerprint density at radius 2 is 1.84 bits per heavy atom. The minimum atomic E-state index is -0.743. The quantitative estimate of drug-likeness (QED) is 0.229. The van der Waals surface area contributed by atoms with Crippen LogP contribution in [0.5, 0.6) is 5.75 Å². The highest BCUT2D eigenvalue weighted by Crippen LogP contribution is 2.51. The van der Waals surface area contributed by atoms with E-state index in [-0.39, 0.29) is 46.7 Å². The molecule has 0 spiro atoms. The number of hydrogen-bond acceptors (Lipinski definition) is 7. The van der Waals surface area contributed by atoms with E-state index in [1.807, 2.05) is 39.8 Å². The number of nitro benzene ring substituents is 1. The lowest BCUT2D eigenvalue weighted by Gasteiger charge is -2.44. The fraction of sp³-hybridized carbons (Fsp3) is 0.273. The molecule has 0 aromatic heterocycles. The Morgan fingerprint density at radius 3 is 2.49 bits per heavy atom. The summed E-state index contributed by atoms with van der Waals surface area (Å²) in [6.45, 7) is 8.02. The van der Waals surface area contributed by atoms with Gasteiger partial charge in [0.25, 0.3) is 5.69 Å². The maximum atomic E-state index is 14.0. The Balaban J connectivity index is 1.68. The number of benzene rings is 3. The number of rotatable bonds is 6. The molecule has 3 aromatic rings. The lowest BCUT2D eigenvalue weighted by molar-refractivity contribution is -0.384. The number of carbonyl (C=O) groups excluding carboxylic acids is 1. The molecule has 0 fully saturated rings. The summed E-state index contributed by atoms with van der Waals surface area (Å²) in [7, 11) is 0. The summed E-state index contributed by atoms with van der Waals surface area (Å²) in [6, 6.07) is 16.2. The number of nitriles is 1. The monoisotopic (exact) mass is 600 g/mol. The molecule has 8 nitrogen and oxygen atoms in total. The maximum Gasteiger partial charge on any atom is 0.289 e. The number of ketones is 1. The topological polar surface area (TPSA) is 122 Å². The number of halogens is 2. The normalized spacial score (nSPS) is 17.9. The van der Waals surface area contributed by atoms with Gasteiger partial charge in [-0.2, -0.15) is 5.26 Å². The van der Waals surface area contributed by atoms with Gasteiger partial charge in [-0.25, -0.2) is 4.39 Å². The van der Waals surface area contributed by atoms with E-state index in [0.29, 0.717) is 29.1 Å². The molecule has 43 heavy (non-hydrogen) atoms. The van der Waals surface area contributed by atoms with E-state index in [1.165, 1.54) is 24.3 Å². The summed E-state index contributed by atoms with van der Waals surface area (Å²) in [5.41, 5.74) is 11.0. The van der Waals surface area contributed by atoms with Gasteiger partial charge in [0.15, 0.2) is 5.78 Å². The Hall–Kier alpha value is -4.68. The van der Waals surface area contributed by atoms with E-state index in [2.05, 4.69) is 6.07 Å². The van der Waals surface area contributed by atoms with Crippen LogP contribution in [-0.4, -0.2) is 10.7 Å². The minimum absolute atomic E-state index is 0.0355. The Labute approximate surface area is 254 Å². The molecule has 2 aliphatic rings. The smallest absolute Gasteiger partial charge is 0.289 e. The fourth-order valence-corrected chi connectivity index (χ4v) is 6.16. The predicted molar refractivity (Wildman–Crippen MR) is 162 cm³/mol. The lowest BCUT2D eigenvalue weighted by Crippen LogP contribution is -2.42. The summed E-state index contributed by atoms with van der Waals surface area (Å²) in [4.78, 5) is 26.7. The first-order valence-electron chi connectivity index (χ1n) is 13.7. The second-order valence-electron chi connectivity index (χ2n) is 11.8. The molecule has 1 aliphatic heterocycles. The van der Waals surface area contributed by atoms with Crippen LogP contribution in [0, 0.1) is 46.5 Å². The van der Waals surface area contributed by atoms with Gasteiger partial charge in [-0.3, -0.25) is 19.8 Å². The molecular weight excluding hydrogens is 571 g/mol. The number of aryl methyl sites for hydroxylation is 2. The molecule has 5 rings (SSSR count). The average Bonchev–Trinajstić information content (AvgIpc) is 2.93. The molecule has 0 amide bonds. The Bertz CT molecular complexity index is 1770. The highest BCUT2D eigenvalue weighted by Gasteiger charge is 2.45. The molecule has 1 aliphatic carbocycles. The van der Waals surface area contributed by atoms with E-state index in [9.17, 15) is 24.6 Å². The Kier molecular flexibility index (Phi) is 7.76. The summed E-state index contributed by atoms with van der Waals surface area (Å²) in [5, 5.41) is 22.1. The summed E-state index contributed by atoms with van der Waals surface area (Å²) < 4.78 is 19.3. The van der Waals surface area contributed by atoms with E-state index >= 15 is 0 Å². The van der Waals surface area contributed by atoms with Crippen molar-refractivity contribution in [2.75, 3.05) is 4.90 Å². The van der Waals surface area contributed by atoms with Crippen molar-refractivity contribution in [2.45, 2.75) is 53.1 Å². The van der Waals surface area contributed by atoms with Crippen LogP contribution >= 0.6 is 11.6 Å². The Morgan fingerprint density at radius 1 is 1.14 bits per heavy atom. The molecule has 0 saturated carbocycles. The highest BCUT2D eigenvalue weighted by molar-refractivity contribution is 6.32. The van der Waals surface area contributed by atoms with E-state index in [0.717, 1.165) is 22.3 Å². The van der Waals surface area contributed by atoms with Crippen molar-refractivity contribution >= 4 is 28.8 Å². The van der Waals surface area contributed by atoms with Crippen LogP contribution in [0.3, 0.4) is 0 Å². The van der Waals surface area contributed by atoms with Crippen LogP contribution in [0.15, 0.2) is 77.3 Å². The van der Waals surface area contributed by atoms with Crippen molar-refractivity contribution in [3.05, 3.63) is 120 Å². The molecule has 1 unspecified atom stereocenters. The number of hydrogen-bond donors (Lipinski definition) is 1. The number of anilines is 1. The van der Waals surface area contributed by atoms with E-state index in [4.69, 9.17) is 22.1 Å². The van der Waals surface area contributed by atoms with Crippen LogP contribution in [-0.2, 0) is 11.4 Å². The number of nitro groups is 1. The maximum absolute atomic E-state index is 14.0. The second-order valence-corrected chi connectivity index (χ2v) is 12.2. The molecule has 10 heteroatoms. The zero-order valence-corrected chi connectivity index (χ0v) is 25.0. The average molecular weight is 601 g/mol. The summed E-state index contributed by atoms with van der Waals surface area (Å²) in [5.74, 6) is -0.623. The van der Waals surface area contributed by atoms with Crippen molar-refractivity contribution in [3.63, 3.8) is 0 Å². The molecular formula is C33H30ClFN4O4. The molecule has 0 bridgehead atoms. The van der Waals surface area contributed by atoms with Gasteiger partial charge in [-0.15, -0.1) is 0 Å². The molecule has 3 aromatic carbocycles. The molecule has 0 saturated heterocycles. The first-order valence-corrected chi connectivity index (χ1v) is 14.1. The van der Waals surface area contributed by atoms with Gasteiger partial charge in [0.1, 0.15) is 29.0 Å². The van der Waals surface area contributed by atoms with Crippen molar-refractivity contribution in [1.29, 1.82) is 5.26 Å². The number of Topliss-reactive ketones (excluding diaryl/α,β-unsaturated/α-hetero) is 1. The zero-order valence-electron chi connectivity index (χ0n) is 24.2. The molecule has 0 radical (unpaired) electrons. The van der Waals surface area contributed by atoms with Crippen molar-refractivity contribution in [3.8, 4) is 11.8 Å².